The quantitative estimate of drug-likeness (QED) is 0.931. The van der Waals surface area contributed by atoms with Crippen molar-refractivity contribution in [1.29, 1.82) is 0 Å². The van der Waals surface area contributed by atoms with E-state index in [0.717, 1.165) is 22.3 Å². The zero-order valence-electron chi connectivity index (χ0n) is 10.8. The molecule has 0 spiro atoms. The summed E-state index contributed by atoms with van der Waals surface area (Å²) >= 11 is 1.45. The molecule has 0 bridgehead atoms. The zero-order valence-corrected chi connectivity index (χ0v) is 11.6. The van der Waals surface area contributed by atoms with Crippen molar-refractivity contribution in [1.82, 2.24) is 10.3 Å². The second-order valence-electron chi connectivity index (χ2n) is 5.20. The molecule has 0 aliphatic heterocycles. The molecule has 1 amide bonds. The molecule has 99 valence electrons. The second kappa shape index (κ2) is 5.70. The highest BCUT2D eigenvalue weighted by Crippen LogP contribution is 2.23. The molecule has 3 nitrogen and oxygen atoms in total. The van der Waals surface area contributed by atoms with Crippen molar-refractivity contribution in [2.45, 2.75) is 32.1 Å². The van der Waals surface area contributed by atoms with E-state index in [9.17, 15) is 4.79 Å². The number of carbonyl (C=O) groups is 1. The highest BCUT2D eigenvalue weighted by atomic mass is 32.1. The first-order chi connectivity index (χ1) is 9.33. The Morgan fingerprint density at radius 3 is 3.05 bits per heavy atom. The lowest BCUT2D eigenvalue weighted by molar-refractivity contribution is 0.0943. The van der Waals surface area contributed by atoms with Crippen LogP contribution in [0, 0.1) is 11.4 Å². The van der Waals surface area contributed by atoms with Crippen molar-refractivity contribution >= 4 is 27.5 Å². The highest BCUT2D eigenvalue weighted by molar-refractivity contribution is 7.16. The molecule has 1 aromatic carbocycles. The average Bonchev–Trinajstić information content (AvgIpc) is 2.93. The number of thiazole rings is 1. The third-order valence-electron chi connectivity index (χ3n) is 3.82. The van der Waals surface area contributed by atoms with Gasteiger partial charge in [-0.05, 0) is 37.0 Å². The molecule has 1 saturated carbocycles. The molecule has 0 unspecified atom stereocenters. The minimum absolute atomic E-state index is 0.0286. The smallest absolute Gasteiger partial charge is 0.251 e. The Morgan fingerprint density at radius 2 is 2.21 bits per heavy atom. The first-order valence-corrected chi connectivity index (χ1v) is 7.69. The molecule has 0 saturated heterocycles. The van der Waals surface area contributed by atoms with Crippen LogP contribution in [0.1, 0.15) is 42.5 Å². The van der Waals surface area contributed by atoms with Gasteiger partial charge in [0.25, 0.3) is 5.91 Å². The number of hydrogen-bond acceptors (Lipinski definition) is 3. The van der Waals surface area contributed by atoms with Gasteiger partial charge in [0.1, 0.15) is 0 Å². The summed E-state index contributed by atoms with van der Waals surface area (Å²) < 4.78 is 1.02. The third kappa shape index (κ3) is 2.95. The average molecular weight is 273 g/mol. The van der Waals surface area contributed by atoms with Crippen LogP contribution in [-0.4, -0.2) is 17.4 Å². The van der Waals surface area contributed by atoms with Gasteiger partial charge in [-0.3, -0.25) is 4.79 Å². The number of rotatable bonds is 3. The van der Waals surface area contributed by atoms with Crippen molar-refractivity contribution in [3.05, 3.63) is 29.3 Å². The van der Waals surface area contributed by atoms with Gasteiger partial charge < -0.3 is 5.32 Å². The van der Waals surface area contributed by atoms with Crippen molar-refractivity contribution in [3.63, 3.8) is 0 Å². The van der Waals surface area contributed by atoms with E-state index < -0.39 is 0 Å². The molecule has 1 N–H and O–H groups in total. The van der Waals surface area contributed by atoms with E-state index in [-0.39, 0.29) is 5.91 Å². The van der Waals surface area contributed by atoms with Crippen LogP contribution in [0.5, 0.6) is 0 Å². The van der Waals surface area contributed by atoms with E-state index in [1.54, 1.807) is 0 Å². The van der Waals surface area contributed by atoms with Crippen molar-refractivity contribution in [2.24, 2.45) is 5.92 Å². The summed E-state index contributed by atoms with van der Waals surface area (Å²) in [7, 11) is 0. The molecule has 1 radical (unpaired) electrons. The number of benzene rings is 1. The number of nitrogens with zero attached hydrogens (tertiary/aromatic N) is 1. The summed E-state index contributed by atoms with van der Waals surface area (Å²) in [4.78, 5) is 16.2. The number of carbonyl (C=O) groups excluding carboxylic acids is 1. The molecule has 0 atom stereocenters. The summed E-state index contributed by atoms with van der Waals surface area (Å²) in [5.41, 5.74) is 4.48. The Balaban J connectivity index is 1.62. The number of fused-ring (bicyclic) bond motifs is 1. The van der Waals surface area contributed by atoms with Crippen LogP contribution in [-0.2, 0) is 0 Å². The molecule has 1 aliphatic rings. The van der Waals surface area contributed by atoms with Crippen LogP contribution in [0.25, 0.3) is 10.2 Å². The van der Waals surface area contributed by atoms with Gasteiger partial charge >= 0.3 is 0 Å². The lowest BCUT2D eigenvalue weighted by atomic mass is 9.89. The predicted molar refractivity (Wildman–Crippen MR) is 77.4 cm³/mol. The van der Waals surface area contributed by atoms with Crippen molar-refractivity contribution in [2.75, 3.05) is 6.54 Å². The molecule has 1 aromatic heterocycles. The van der Waals surface area contributed by atoms with Crippen molar-refractivity contribution in [3.8, 4) is 0 Å². The molecule has 19 heavy (non-hydrogen) atoms. The summed E-state index contributed by atoms with van der Waals surface area (Å²) in [6, 6.07) is 5.63. The first-order valence-electron chi connectivity index (χ1n) is 6.88. The Morgan fingerprint density at radius 1 is 1.37 bits per heavy atom. The van der Waals surface area contributed by atoms with E-state index in [1.807, 2.05) is 18.2 Å². The minimum Gasteiger partial charge on any atom is -0.352 e. The summed E-state index contributed by atoms with van der Waals surface area (Å²) in [5.74, 6) is 0.694. The molecular formula is C15H17N2OS. The third-order valence-corrected chi connectivity index (χ3v) is 4.55. The first kappa shape index (κ1) is 12.6. The van der Waals surface area contributed by atoms with Gasteiger partial charge in [0.15, 0.2) is 5.51 Å². The fourth-order valence-corrected chi connectivity index (χ4v) is 3.33. The Bertz CT molecular complexity index is 572. The fourth-order valence-electron chi connectivity index (χ4n) is 2.68. The lowest BCUT2D eigenvalue weighted by Gasteiger charge is -2.21. The lowest BCUT2D eigenvalue weighted by Crippen LogP contribution is -2.30. The number of amides is 1. The van der Waals surface area contributed by atoms with Gasteiger partial charge in [0.05, 0.1) is 10.2 Å². The topological polar surface area (TPSA) is 42.0 Å². The monoisotopic (exact) mass is 273 g/mol. The summed E-state index contributed by atoms with van der Waals surface area (Å²) in [5, 5.41) is 3.06. The maximum Gasteiger partial charge on any atom is 0.251 e. The zero-order chi connectivity index (χ0) is 13.1. The molecule has 2 aromatic rings. The van der Waals surface area contributed by atoms with Gasteiger partial charge in [0, 0.05) is 12.1 Å². The van der Waals surface area contributed by atoms with Gasteiger partial charge in [0.2, 0.25) is 0 Å². The number of aromatic nitrogens is 1. The second-order valence-corrected chi connectivity index (χ2v) is 6.03. The molecule has 1 heterocycles. The normalized spacial score (nSPS) is 16.6. The van der Waals surface area contributed by atoms with E-state index in [4.69, 9.17) is 0 Å². The molecular weight excluding hydrogens is 256 g/mol. The summed E-state index contributed by atoms with van der Waals surface area (Å²) in [6.07, 6.45) is 6.47. The van der Waals surface area contributed by atoms with E-state index >= 15 is 0 Å². The predicted octanol–water partition coefficient (Wildman–Crippen LogP) is 3.41. The Labute approximate surface area is 117 Å². The minimum atomic E-state index is 0.0286. The largest absolute Gasteiger partial charge is 0.352 e. The number of hydrogen-bond donors (Lipinski definition) is 1. The molecule has 1 fully saturated rings. The summed E-state index contributed by atoms with van der Waals surface area (Å²) in [6.45, 7) is 0.811. The van der Waals surface area contributed by atoms with Crippen LogP contribution in [0.15, 0.2) is 18.2 Å². The van der Waals surface area contributed by atoms with Gasteiger partial charge in [-0.2, -0.15) is 0 Å². The Hall–Kier alpha value is -1.42. The van der Waals surface area contributed by atoms with Crippen LogP contribution in [0.2, 0.25) is 0 Å². The van der Waals surface area contributed by atoms with Crippen LogP contribution in [0.3, 0.4) is 0 Å². The standard InChI is InChI=1S/C15H17N2OS/c18-15(16-9-11-4-2-1-3-5-11)12-6-7-13-14(8-12)19-10-17-13/h6-8,11H,1-5,9H2,(H,16,18). The van der Waals surface area contributed by atoms with E-state index in [0.29, 0.717) is 5.92 Å². The maximum atomic E-state index is 12.1. The highest BCUT2D eigenvalue weighted by Gasteiger charge is 2.15. The van der Waals surface area contributed by atoms with Crippen molar-refractivity contribution < 1.29 is 4.79 Å². The fraction of sp³-hybridized carbons (Fsp3) is 0.467. The van der Waals surface area contributed by atoms with Crippen LogP contribution in [0.4, 0.5) is 0 Å². The SMILES string of the molecule is O=C(NCC1CCCCC1)c1ccc2n[c]sc2c1. The van der Waals surface area contributed by atoms with E-state index in [1.165, 1.54) is 43.4 Å². The van der Waals surface area contributed by atoms with E-state index in [2.05, 4.69) is 15.8 Å². The van der Waals surface area contributed by atoms with Gasteiger partial charge in [-0.25, -0.2) is 4.98 Å². The maximum absolute atomic E-state index is 12.1. The van der Waals surface area contributed by atoms with Crippen LogP contribution < -0.4 is 5.32 Å². The Kier molecular flexibility index (Phi) is 3.78. The van der Waals surface area contributed by atoms with Gasteiger partial charge in [-0.1, -0.05) is 19.3 Å². The molecule has 3 rings (SSSR count). The number of nitrogens with one attached hydrogen (secondary N) is 1. The molecule has 4 heteroatoms. The van der Waals surface area contributed by atoms with Gasteiger partial charge in [-0.15, -0.1) is 11.3 Å². The van der Waals surface area contributed by atoms with Crippen LogP contribution >= 0.6 is 11.3 Å². The molecule has 1 aliphatic carbocycles.